The number of aliphatic hydroxyl groups excluding tert-OH is 7. The quantitative estimate of drug-likeness (QED) is 0.201. The van der Waals surface area contributed by atoms with E-state index in [0.29, 0.717) is 6.42 Å². The molecule has 7 N–H and O–H groups in total. The van der Waals surface area contributed by atoms with Gasteiger partial charge >= 0.3 is 0 Å². The molecule has 2 heterocycles. The lowest BCUT2D eigenvalue weighted by atomic mass is 9.96. The third-order valence-electron chi connectivity index (χ3n) is 4.87. The van der Waals surface area contributed by atoms with Crippen molar-refractivity contribution in [2.75, 3.05) is 26.4 Å². The highest BCUT2D eigenvalue weighted by molar-refractivity contribution is 4.95. The van der Waals surface area contributed by atoms with E-state index >= 15 is 0 Å². The van der Waals surface area contributed by atoms with Crippen LogP contribution in [0.1, 0.15) is 19.8 Å². The number of rotatable bonds is 8. The van der Waals surface area contributed by atoms with Crippen LogP contribution in [0.4, 0.5) is 0 Å². The summed E-state index contributed by atoms with van der Waals surface area (Å²) in [5.74, 6) is -1.80. The number of ether oxygens (including phenoxy) is 4. The van der Waals surface area contributed by atoms with Crippen molar-refractivity contribution in [3.05, 3.63) is 0 Å². The first-order valence-electron chi connectivity index (χ1n) is 9.02. The van der Waals surface area contributed by atoms with Gasteiger partial charge in [0.25, 0.3) is 0 Å². The van der Waals surface area contributed by atoms with Crippen molar-refractivity contribution in [1.82, 2.24) is 0 Å². The van der Waals surface area contributed by atoms with Crippen LogP contribution in [0.3, 0.4) is 0 Å². The fourth-order valence-electron chi connectivity index (χ4n) is 3.04. The molecule has 0 bridgehead atoms. The van der Waals surface area contributed by atoms with Crippen LogP contribution >= 0.6 is 0 Å². The first kappa shape index (κ1) is 22.8. The van der Waals surface area contributed by atoms with E-state index in [4.69, 9.17) is 18.9 Å². The van der Waals surface area contributed by atoms with Gasteiger partial charge in [0.15, 0.2) is 6.29 Å². The van der Waals surface area contributed by atoms with Gasteiger partial charge in [-0.05, 0) is 6.42 Å². The average molecular weight is 398 g/mol. The summed E-state index contributed by atoms with van der Waals surface area (Å²) in [5.41, 5.74) is 0. The van der Waals surface area contributed by atoms with Crippen molar-refractivity contribution in [1.29, 1.82) is 0 Å². The molecule has 0 aromatic rings. The van der Waals surface area contributed by atoms with E-state index in [1.54, 1.807) is 0 Å². The lowest BCUT2D eigenvalue weighted by Crippen LogP contribution is -2.66. The van der Waals surface area contributed by atoms with E-state index in [1.807, 2.05) is 6.92 Å². The maximum atomic E-state index is 10.4. The molecule has 27 heavy (non-hydrogen) atoms. The molecule has 2 aliphatic heterocycles. The fraction of sp³-hybridized carbons (Fsp3) is 1.00. The van der Waals surface area contributed by atoms with Gasteiger partial charge in [-0.25, -0.2) is 0 Å². The van der Waals surface area contributed by atoms with Crippen molar-refractivity contribution < 1.29 is 54.7 Å². The Morgan fingerprint density at radius 1 is 1.00 bits per heavy atom. The van der Waals surface area contributed by atoms with Gasteiger partial charge in [-0.2, -0.15) is 0 Å². The smallest absolute Gasteiger partial charge is 0.221 e. The summed E-state index contributed by atoms with van der Waals surface area (Å²) in [4.78, 5) is 0. The maximum absolute atomic E-state index is 10.4. The van der Waals surface area contributed by atoms with Crippen LogP contribution in [0.5, 0.6) is 0 Å². The molecule has 0 aromatic heterocycles. The molecule has 2 rings (SSSR count). The zero-order valence-corrected chi connectivity index (χ0v) is 15.1. The first-order valence-corrected chi connectivity index (χ1v) is 9.02. The van der Waals surface area contributed by atoms with Crippen LogP contribution in [0, 0.1) is 0 Å². The van der Waals surface area contributed by atoms with Gasteiger partial charge in [-0.15, -0.1) is 0 Å². The molecule has 9 atom stereocenters. The minimum atomic E-state index is -1.80. The third kappa shape index (κ3) is 4.77. The molecule has 0 amide bonds. The Labute approximate surface area is 156 Å². The molecule has 0 radical (unpaired) electrons. The molecule has 0 aliphatic carbocycles. The van der Waals surface area contributed by atoms with Gasteiger partial charge in [-0.3, -0.25) is 0 Å². The van der Waals surface area contributed by atoms with Gasteiger partial charge < -0.3 is 54.7 Å². The van der Waals surface area contributed by atoms with E-state index < -0.39 is 68.0 Å². The minimum Gasteiger partial charge on any atom is -0.394 e. The van der Waals surface area contributed by atoms with E-state index in [2.05, 4.69) is 0 Å². The molecular formula is C16H30O11. The molecular weight excluding hydrogens is 368 g/mol. The summed E-state index contributed by atoms with van der Waals surface area (Å²) < 4.78 is 21.5. The second-order valence-electron chi connectivity index (χ2n) is 6.79. The summed E-state index contributed by atoms with van der Waals surface area (Å²) >= 11 is 0. The Hall–Kier alpha value is -0.440. The number of unbranched alkanes of at least 4 members (excludes halogenated alkanes) is 1. The predicted molar refractivity (Wildman–Crippen MR) is 87.3 cm³/mol. The van der Waals surface area contributed by atoms with Crippen LogP contribution in [0.25, 0.3) is 0 Å². The number of hydrogen-bond donors (Lipinski definition) is 7. The molecule has 2 saturated heterocycles. The van der Waals surface area contributed by atoms with E-state index in [0.717, 1.165) is 6.42 Å². The summed E-state index contributed by atoms with van der Waals surface area (Å²) in [7, 11) is 0. The molecule has 2 fully saturated rings. The average Bonchev–Trinajstić information content (AvgIpc) is 2.67. The van der Waals surface area contributed by atoms with E-state index in [9.17, 15) is 35.7 Å². The normalized spacial score (nSPS) is 45.8. The zero-order chi connectivity index (χ0) is 20.2. The van der Waals surface area contributed by atoms with Crippen molar-refractivity contribution >= 4 is 0 Å². The van der Waals surface area contributed by atoms with Crippen molar-refractivity contribution in [3.63, 3.8) is 0 Å². The third-order valence-corrected chi connectivity index (χ3v) is 4.87. The highest BCUT2D eigenvalue weighted by Crippen LogP contribution is 2.31. The predicted octanol–water partition coefficient (Wildman–Crippen LogP) is -3.57. The van der Waals surface area contributed by atoms with Gasteiger partial charge in [0.2, 0.25) is 5.79 Å². The lowest BCUT2D eigenvalue weighted by Gasteiger charge is -2.47. The Morgan fingerprint density at radius 3 is 2.30 bits per heavy atom. The molecule has 0 aromatic carbocycles. The Bertz CT molecular complexity index is 450. The molecule has 0 unspecified atom stereocenters. The number of aliphatic hydroxyl groups is 7. The fourth-order valence-corrected chi connectivity index (χ4v) is 3.04. The Balaban J connectivity index is 2.02. The largest absolute Gasteiger partial charge is 0.394 e. The van der Waals surface area contributed by atoms with Crippen molar-refractivity contribution in [2.24, 2.45) is 0 Å². The van der Waals surface area contributed by atoms with Gasteiger partial charge in [0.1, 0.15) is 49.3 Å². The first-order chi connectivity index (χ1) is 12.8. The van der Waals surface area contributed by atoms with Crippen LogP contribution in [0.15, 0.2) is 0 Å². The Morgan fingerprint density at radius 2 is 1.70 bits per heavy atom. The summed E-state index contributed by atoms with van der Waals surface area (Å²) in [6.07, 6.45) is -10.4. The maximum Gasteiger partial charge on any atom is 0.221 e. The monoisotopic (exact) mass is 398 g/mol. The van der Waals surface area contributed by atoms with Gasteiger partial charge in [0, 0.05) is 0 Å². The SMILES string of the molecule is CCCCO[C@]1(CO)OC[C@@H](O[C@H]2O[C@H](CO)[C@@H](O)[C@H](O)[C@H]2O)[C@@H](O)[C@@H]1O. The van der Waals surface area contributed by atoms with Crippen molar-refractivity contribution in [2.45, 2.75) is 74.6 Å². The molecule has 0 spiro atoms. The van der Waals surface area contributed by atoms with Crippen LogP contribution in [-0.2, 0) is 18.9 Å². The molecule has 2 aliphatic rings. The van der Waals surface area contributed by atoms with Crippen LogP contribution in [0.2, 0.25) is 0 Å². The zero-order valence-electron chi connectivity index (χ0n) is 15.1. The standard InChI is InChI=1S/C16H30O11/c1-2-3-4-24-16(7-18)14(23)11(20)9(6-25-16)27-15-13(22)12(21)10(19)8(5-17)26-15/h8-15,17-23H,2-7H2,1H3/t8-,9-,10-,11-,12+,13-,14+,15-,16-/m1/s1. The lowest BCUT2D eigenvalue weighted by molar-refractivity contribution is -0.376. The Kier molecular flexibility index (Phi) is 8.34. The second kappa shape index (κ2) is 9.85. The highest BCUT2D eigenvalue weighted by Gasteiger charge is 2.53. The molecule has 0 saturated carbocycles. The summed E-state index contributed by atoms with van der Waals surface area (Å²) in [6, 6.07) is 0. The summed E-state index contributed by atoms with van der Waals surface area (Å²) in [5, 5.41) is 69.1. The highest BCUT2D eigenvalue weighted by atomic mass is 16.7. The molecule has 11 heteroatoms. The van der Waals surface area contributed by atoms with Crippen LogP contribution in [-0.4, -0.2) is 117 Å². The van der Waals surface area contributed by atoms with E-state index in [-0.39, 0.29) is 13.2 Å². The molecule has 160 valence electrons. The van der Waals surface area contributed by atoms with E-state index in [1.165, 1.54) is 0 Å². The number of hydrogen-bond acceptors (Lipinski definition) is 11. The second-order valence-corrected chi connectivity index (χ2v) is 6.79. The summed E-state index contributed by atoms with van der Waals surface area (Å²) in [6.45, 7) is 0.517. The van der Waals surface area contributed by atoms with Crippen LogP contribution < -0.4 is 0 Å². The topological polar surface area (TPSA) is 179 Å². The molecule has 11 nitrogen and oxygen atoms in total. The van der Waals surface area contributed by atoms with Crippen molar-refractivity contribution in [3.8, 4) is 0 Å². The minimum absolute atomic E-state index is 0.207. The van der Waals surface area contributed by atoms with Gasteiger partial charge in [0.05, 0.1) is 19.8 Å². The van der Waals surface area contributed by atoms with Gasteiger partial charge in [-0.1, -0.05) is 13.3 Å².